The Bertz CT molecular complexity index is 974. The van der Waals surface area contributed by atoms with Gasteiger partial charge < -0.3 is 11.1 Å². The molecule has 0 bridgehead atoms. The Hall–Kier alpha value is -2.91. The second-order valence-electron chi connectivity index (χ2n) is 6.37. The highest BCUT2D eigenvalue weighted by atomic mass is 32.2. The van der Waals surface area contributed by atoms with Crippen molar-refractivity contribution in [2.75, 3.05) is 5.32 Å². The number of nitro groups is 1. The summed E-state index contributed by atoms with van der Waals surface area (Å²) in [5.41, 5.74) is 9.30. The van der Waals surface area contributed by atoms with Crippen LogP contribution in [0.3, 0.4) is 0 Å². The molecule has 29 heavy (non-hydrogen) atoms. The number of nitro benzene ring substituents is 1. The number of nitrogens with one attached hydrogen (secondary N) is 1. The van der Waals surface area contributed by atoms with E-state index in [1.54, 1.807) is 23.9 Å². The standard InChI is InChI=1S/C20H21N5O2S2/c1-14-23-24-20(29-14)22-19(11-15-7-9-17(10-8-15)25(26)27)18(21)13-28-12-16-5-3-2-4-6-16/h2-10,13,19H,11-12,21H2,1H3,(H,22,24)/b18-13-/t19-/m0/s1. The molecule has 3 rings (SSSR count). The van der Waals surface area contributed by atoms with Crippen LogP contribution in [0.2, 0.25) is 0 Å². The highest BCUT2D eigenvalue weighted by Gasteiger charge is 2.16. The number of benzene rings is 2. The van der Waals surface area contributed by atoms with Crippen LogP contribution < -0.4 is 11.1 Å². The van der Waals surface area contributed by atoms with E-state index < -0.39 is 4.92 Å². The van der Waals surface area contributed by atoms with Gasteiger partial charge in [0, 0.05) is 23.6 Å². The van der Waals surface area contributed by atoms with E-state index in [2.05, 4.69) is 27.6 Å². The molecule has 0 aliphatic carbocycles. The number of thioether (sulfide) groups is 1. The molecule has 1 aromatic heterocycles. The maximum atomic E-state index is 10.9. The molecule has 0 aliphatic heterocycles. The Kier molecular flexibility index (Phi) is 7.20. The van der Waals surface area contributed by atoms with Crippen molar-refractivity contribution in [1.29, 1.82) is 0 Å². The number of hydrogen-bond donors (Lipinski definition) is 2. The van der Waals surface area contributed by atoms with Gasteiger partial charge in [0.2, 0.25) is 5.13 Å². The summed E-state index contributed by atoms with van der Waals surface area (Å²) in [6.45, 7) is 1.89. The molecule has 1 heterocycles. The van der Waals surface area contributed by atoms with E-state index in [0.29, 0.717) is 17.2 Å². The fourth-order valence-corrected chi connectivity index (χ4v) is 4.11. The molecule has 2 aromatic carbocycles. The molecule has 0 fully saturated rings. The summed E-state index contributed by atoms with van der Waals surface area (Å²) in [5, 5.41) is 25.9. The topological polar surface area (TPSA) is 107 Å². The normalized spacial score (nSPS) is 12.5. The van der Waals surface area contributed by atoms with Crippen molar-refractivity contribution in [3.05, 3.63) is 92.0 Å². The van der Waals surface area contributed by atoms with Crippen molar-refractivity contribution < 1.29 is 4.92 Å². The van der Waals surface area contributed by atoms with Crippen molar-refractivity contribution in [2.45, 2.75) is 25.1 Å². The summed E-state index contributed by atoms with van der Waals surface area (Å²) < 4.78 is 0. The number of anilines is 1. The first-order chi connectivity index (χ1) is 14.0. The smallest absolute Gasteiger partial charge is 0.269 e. The third-order valence-corrected chi connectivity index (χ3v) is 5.83. The molecule has 0 spiro atoms. The Labute approximate surface area is 177 Å². The summed E-state index contributed by atoms with van der Waals surface area (Å²) in [4.78, 5) is 10.5. The molecule has 1 atom stereocenters. The van der Waals surface area contributed by atoms with Crippen molar-refractivity contribution in [3.63, 3.8) is 0 Å². The van der Waals surface area contributed by atoms with E-state index in [-0.39, 0.29) is 11.7 Å². The lowest BCUT2D eigenvalue weighted by Gasteiger charge is -2.19. The summed E-state index contributed by atoms with van der Waals surface area (Å²) >= 11 is 3.09. The van der Waals surface area contributed by atoms with Gasteiger partial charge in [-0.25, -0.2) is 0 Å². The Morgan fingerprint density at radius 3 is 2.55 bits per heavy atom. The number of nitrogens with two attached hydrogens (primary N) is 1. The van der Waals surface area contributed by atoms with Crippen molar-refractivity contribution >= 4 is 33.9 Å². The van der Waals surface area contributed by atoms with Gasteiger partial charge in [0.1, 0.15) is 5.01 Å². The first kappa shape index (κ1) is 20.8. The second kappa shape index (κ2) is 10.0. The van der Waals surface area contributed by atoms with Crippen LogP contribution >= 0.6 is 23.1 Å². The lowest BCUT2D eigenvalue weighted by Crippen LogP contribution is -2.29. The summed E-state index contributed by atoms with van der Waals surface area (Å²) in [7, 11) is 0. The summed E-state index contributed by atoms with van der Waals surface area (Å²) in [6, 6.07) is 16.5. The van der Waals surface area contributed by atoms with Gasteiger partial charge in [-0.3, -0.25) is 10.1 Å². The van der Waals surface area contributed by atoms with Crippen molar-refractivity contribution in [1.82, 2.24) is 10.2 Å². The van der Waals surface area contributed by atoms with Gasteiger partial charge in [-0.15, -0.1) is 22.0 Å². The first-order valence-corrected chi connectivity index (χ1v) is 10.8. The van der Waals surface area contributed by atoms with Crippen LogP contribution in [-0.2, 0) is 12.2 Å². The Balaban J connectivity index is 1.72. The average Bonchev–Trinajstić information content (AvgIpc) is 3.13. The third kappa shape index (κ3) is 6.30. The predicted molar refractivity (Wildman–Crippen MR) is 119 cm³/mol. The van der Waals surface area contributed by atoms with E-state index >= 15 is 0 Å². The van der Waals surface area contributed by atoms with Gasteiger partial charge in [0.05, 0.1) is 11.0 Å². The molecule has 7 nitrogen and oxygen atoms in total. The van der Waals surface area contributed by atoms with E-state index in [1.807, 2.05) is 30.5 Å². The van der Waals surface area contributed by atoms with Crippen LogP contribution in [0.25, 0.3) is 0 Å². The van der Waals surface area contributed by atoms with Gasteiger partial charge >= 0.3 is 0 Å². The monoisotopic (exact) mass is 427 g/mol. The zero-order chi connectivity index (χ0) is 20.6. The number of hydrogen-bond acceptors (Lipinski definition) is 8. The van der Waals surface area contributed by atoms with Crippen LogP contribution in [-0.4, -0.2) is 21.2 Å². The summed E-state index contributed by atoms with van der Waals surface area (Å²) in [6.07, 6.45) is 0.574. The van der Waals surface area contributed by atoms with Crippen LogP contribution in [0.1, 0.15) is 16.1 Å². The van der Waals surface area contributed by atoms with E-state index in [9.17, 15) is 10.1 Å². The van der Waals surface area contributed by atoms with Gasteiger partial charge in [0.25, 0.3) is 5.69 Å². The lowest BCUT2D eigenvalue weighted by molar-refractivity contribution is -0.384. The number of nitrogens with zero attached hydrogens (tertiary/aromatic N) is 3. The molecule has 0 saturated carbocycles. The maximum Gasteiger partial charge on any atom is 0.269 e. The minimum absolute atomic E-state index is 0.0694. The molecule has 3 N–H and O–H groups in total. The number of aryl methyl sites for hydroxylation is 1. The molecular weight excluding hydrogens is 406 g/mol. The zero-order valence-electron chi connectivity index (χ0n) is 15.8. The van der Waals surface area contributed by atoms with Gasteiger partial charge in [-0.2, -0.15) is 0 Å². The molecular formula is C20H21N5O2S2. The van der Waals surface area contributed by atoms with Gasteiger partial charge in [0.15, 0.2) is 0 Å². The molecule has 0 unspecified atom stereocenters. The van der Waals surface area contributed by atoms with E-state index in [4.69, 9.17) is 5.73 Å². The predicted octanol–water partition coefficient (Wildman–Crippen LogP) is 4.51. The van der Waals surface area contributed by atoms with Crippen LogP contribution in [0.5, 0.6) is 0 Å². The molecule has 0 saturated heterocycles. The molecule has 9 heteroatoms. The number of non-ortho nitro benzene ring substituents is 1. The minimum atomic E-state index is -0.405. The SMILES string of the molecule is Cc1nnc(N[C@@H](Cc2ccc([N+](=O)[O-])cc2)/C(N)=C/SCc2ccccc2)s1. The quantitative estimate of drug-likeness (QED) is 0.382. The zero-order valence-corrected chi connectivity index (χ0v) is 17.5. The first-order valence-electron chi connectivity index (χ1n) is 8.92. The van der Waals surface area contributed by atoms with E-state index in [0.717, 1.165) is 16.3 Å². The molecule has 0 amide bonds. The average molecular weight is 428 g/mol. The largest absolute Gasteiger partial charge is 0.400 e. The van der Waals surface area contributed by atoms with Crippen LogP contribution in [0.4, 0.5) is 10.8 Å². The Morgan fingerprint density at radius 2 is 1.93 bits per heavy atom. The Morgan fingerprint density at radius 1 is 1.21 bits per heavy atom. The highest BCUT2D eigenvalue weighted by molar-refractivity contribution is 8.01. The molecule has 3 aromatic rings. The van der Waals surface area contributed by atoms with Crippen molar-refractivity contribution in [2.24, 2.45) is 5.73 Å². The van der Waals surface area contributed by atoms with Gasteiger partial charge in [-0.05, 0) is 29.9 Å². The molecule has 0 aliphatic rings. The second-order valence-corrected chi connectivity index (χ2v) is 8.40. The van der Waals surface area contributed by atoms with Crippen molar-refractivity contribution in [3.8, 4) is 0 Å². The van der Waals surface area contributed by atoms with Gasteiger partial charge in [-0.1, -0.05) is 53.8 Å². The van der Waals surface area contributed by atoms with Crippen LogP contribution in [0.15, 0.2) is 65.7 Å². The number of aromatic nitrogens is 2. The maximum absolute atomic E-state index is 10.9. The summed E-state index contributed by atoms with van der Waals surface area (Å²) in [5.74, 6) is 0.823. The van der Waals surface area contributed by atoms with Crippen LogP contribution in [0, 0.1) is 17.0 Å². The number of rotatable bonds is 9. The third-order valence-electron chi connectivity index (χ3n) is 4.13. The fraction of sp³-hybridized carbons (Fsp3) is 0.200. The fourth-order valence-electron chi connectivity index (χ4n) is 2.64. The minimum Gasteiger partial charge on any atom is -0.400 e. The highest BCUT2D eigenvalue weighted by Crippen LogP contribution is 2.22. The molecule has 0 radical (unpaired) electrons. The lowest BCUT2D eigenvalue weighted by atomic mass is 10.0. The molecule has 150 valence electrons. The van der Waals surface area contributed by atoms with E-state index in [1.165, 1.54) is 29.0 Å².